The third-order valence-electron chi connectivity index (χ3n) is 0.234. The van der Waals surface area contributed by atoms with Crippen LogP contribution in [0.2, 0.25) is 0 Å². The molecule has 1 aliphatic heterocycles. The Balaban J connectivity index is 2.32. The molecule has 1 unspecified atom stereocenters. The molecule has 0 aromatic heterocycles. The summed E-state index contributed by atoms with van der Waals surface area (Å²) in [6.07, 6.45) is 1.28. The van der Waals surface area contributed by atoms with Crippen molar-refractivity contribution in [3.8, 4) is 0 Å². The highest BCUT2D eigenvalue weighted by Crippen LogP contribution is 2.16. The second-order valence-corrected chi connectivity index (χ2v) is 1.09. The maximum atomic E-state index is 4.46. The number of oxime groups is 1. The van der Waals surface area contributed by atoms with Gasteiger partial charge in [0.1, 0.15) is 0 Å². The zero-order chi connectivity index (χ0) is 3.54. The predicted octanol–water partition coefficient (Wildman–Crippen LogP) is 0.485. The first-order valence-corrected chi connectivity index (χ1v) is 1.90. The molecule has 5 heavy (non-hydrogen) atoms. The molecule has 0 fully saturated rings. The van der Waals surface area contributed by atoms with Crippen LogP contribution in [-0.2, 0) is 9.15 Å². The quantitative estimate of drug-likeness (QED) is 0.406. The lowest BCUT2D eigenvalue weighted by Gasteiger charge is -1.75. The summed E-state index contributed by atoms with van der Waals surface area (Å²) in [5.74, 6) is 0. The van der Waals surface area contributed by atoms with Gasteiger partial charge in [0.05, 0.1) is 0 Å². The monoisotopic (exact) mass is 91.0 g/mol. The Morgan fingerprint density at radius 2 is 2.80 bits per heavy atom. The molecule has 1 heterocycles. The molecule has 1 aliphatic rings. The Labute approximate surface area is 30.9 Å². The van der Waals surface area contributed by atoms with Crippen molar-refractivity contribution in [2.75, 3.05) is 0 Å². The molecule has 1 atom stereocenters. The summed E-state index contributed by atoms with van der Waals surface area (Å²) in [6, 6.07) is 0. The fourth-order valence-electron chi connectivity index (χ4n) is 0.108. The number of rotatable bonds is 0. The van der Waals surface area contributed by atoms with Gasteiger partial charge in [0.25, 0.3) is 0 Å². The molecule has 0 bridgehead atoms. The van der Waals surface area contributed by atoms with Crippen LogP contribution < -0.4 is 0 Å². The largest absolute Gasteiger partial charge is 0.424 e. The normalized spacial score (nSPS) is 22.4. The van der Waals surface area contributed by atoms with E-state index in [0.717, 1.165) is 0 Å². The third-order valence-corrected chi connectivity index (χ3v) is 0.615. The first-order chi connectivity index (χ1) is 2.50. The van der Waals surface area contributed by atoms with E-state index in [1.165, 1.54) is 6.40 Å². The molecule has 0 amide bonds. The molecule has 0 aliphatic carbocycles. The summed E-state index contributed by atoms with van der Waals surface area (Å²) < 4.78 is 8.78. The van der Waals surface area contributed by atoms with E-state index in [1.54, 1.807) is 0 Å². The summed E-state index contributed by atoms with van der Waals surface area (Å²) in [6.45, 7) is 0. The minimum absolute atomic E-state index is 0.0864. The van der Waals surface area contributed by atoms with Gasteiger partial charge in [-0.1, -0.05) is 0 Å². The van der Waals surface area contributed by atoms with Gasteiger partial charge in [-0.15, -0.1) is 0 Å². The number of hydrogen-bond donors (Lipinski definition) is 0. The van der Waals surface area contributed by atoms with Gasteiger partial charge in [-0.25, -0.2) is 0 Å². The molecule has 0 saturated heterocycles. The second-order valence-electron chi connectivity index (χ2n) is 0.503. The van der Waals surface area contributed by atoms with E-state index in [2.05, 4.69) is 14.3 Å². The molecule has 0 aromatic rings. The molecule has 0 aromatic carbocycles. The summed E-state index contributed by atoms with van der Waals surface area (Å²) in [7, 11) is 0.0864. The highest BCUT2D eigenvalue weighted by Gasteiger charge is 1.86. The van der Waals surface area contributed by atoms with Crippen molar-refractivity contribution in [2.45, 2.75) is 0 Å². The lowest BCUT2D eigenvalue weighted by Crippen LogP contribution is -1.53. The van der Waals surface area contributed by atoms with E-state index in [4.69, 9.17) is 0 Å². The van der Waals surface area contributed by atoms with Gasteiger partial charge >= 0.3 is 9.03 Å². The maximum absolute atomic E-state index is 4.46. The molecule has 0 radical (unpaired) electrons. The Kier molecular flexibility index (Phi) is 0.711. The van der Waals surface area contributed by atoms with E-state index in [1.807, 2.05) is 0 Å². The predicted molar refractivity (Wildman–Crippen MR) is 19.0 cm³/mol. The van der Waals surface area contributed by atoms with E-state index in [-0.39, 0.29) is 9.03 Å². The Bertz CT molecular complexity index is 47.6. The second kappa shape index (κ2) is 1.22. The minimum Gasteiger partial charge on any atom is -0.424 e. The first kappa shape index (κ1) is 2.91. The van der Waals surface area contributed by atoms with E-state index < -0.39 is 0 Å². The van der Waals surface area contributed by atoms with Crippen molar-refractivity contribution >= 4 is 15.4 Å². The average Bonchev–Trinajstić information content (AvgIpc) is 1.76. The van der Waals surface area contributed by atoms with Crippen LogP contribution in [0.3, 0.4) is 0 Å². The van der Waals surface area contributed by atoms with Crippen LogP contribution in [0, 0.1) is 0 Å². The van der Waals surface area contributed by atoms with E-state index in [0.29, 0.717) is 0 Å². The Morgan fingerprint density at radius 1 is 1.80 bits per heavy atom. The van der Waals surface area contributed by atoms with Crippen LogP contribution in [0.15, 0.2) is 5.16 Å². The molecule has 1 rings (SSSR count). The zero-order valence-corrected chi connectivity index (χ0v) is 3.34. The van der Waals surface area contributed by atoms with Crippen molar-refractivity contribution < 1.29 is 9.15 Å². The Morgan fingerprint density at radius 3 is 3.00 bits per heavy atom. The van der Waals surface area contributed by atoms with Crippen molar-refractivity contribution in [1.29, 1.82) is 0 Å². The highest BCUT2D eigenvalue weighted by atomic mass is 31.1. The number of hydrogen-bond acceptors (Lipinski definition) is 3. The number of nitrogens with zero attached hydrogens (tertiary/aromatic N) is 1. The van der Waals surface area contributed by atoms with Gasteiger partial charge in [0.2, 0.25) is 6.40 Å². The van der Waals surface area contributed by atoms with Crippen molar-refractivity contribution in [2.24, 2.45) is 5.16 Å². The van der Waals surface area contributed by atoms with Gasteiger partial charge in [0.15, 0.2) is 0 Å². The van der Waals surface area contributed by atoms with E-state index in [9.17, 15) is 0 Å². The summed E-state index contributed by atoms with van der Waals surface area (Å²) >= 11 is 0. The molecule has 0 saturated carbocycles. The Hall–Kier alpha value is -0.300. The topological polar surface area (TPSA) is 30.8 Å². The fraction of sp³-hybridized carbons (Fsp3) is 0. The molecular weight excluding hydrogens is 89.0 g/mol. The van der Waals surface area contributed by atoms with Crippen LogP contribution in [-0.4, -0.2) is 6.40 Å². The van der Waals surface area contributed by atoms with Crippen LogP contribution in [0.25, 0.3) is 0 Å². The fourth-order valence-corrected chi connectivity index (χ4v) is 0.323. The molecular formula is CH2NO2P. The smallest absolute Gasteiger partial charge is 0.304 e. The lowest BCUT2D eigenvalue weighted by atomic mass is 11.6. The third kappa shape index (κ3) is 0.484. The van der Waals surface area contributed by atoms with Crippen molar-refractivity contribution in [1.82, 2.24) is 0 Å². The van der Waals surface area contributed by atoms with Crippen molar-refractivity contribution in [3.05, 3.63) is 0 Å². The summed E-state index contributed by atoms with van der Waals surface area (Å²) in [4.78, 5) is 0. The zero-order valence-electron chi connectivity index (χ0n) is 2.34. The SMILES string of the molecule is C1=NOPO1. The standard InChI is InChI=1S/CH2NO2P/c1-2-4-5-3-1/h1,5H. The van der Waals surface area contributed by atoms with Crippen LogP contribution in [0.1, 0.15) is 0 Å². The average molecular weight is 91.0 g/mol. The van der Waals surface area contributed by atoms with Gasteiger partial charge in [-0.05, 0) is 5.16 Å². The first-order valence-electron chi connectivity index (χ1n) is 1.08. The highest BCUT2D eigenvalue weighted by molar-refractivity contribution is 7.27. The maximum Gasteiger partial charge on any atom is 0.304 e. The van der Waals surface area contributed by atoms with E-state index >= 15 is 0 Å². The van der Waals surface area contributed by atoms with Crippen LogP contribution in [0.4, 0.5) is 0 Å². The van der Waals surface area contributed by atoms with Gasteiger partial charge < -0.3 is 9.15 Å². The molecule has 28 valence electrons. The van der Waals surface area contributed by atoms with Gasteiger partial charge in [0, 0.05) is 0 Å². The minimum atomic E-state index is 0.0864. The molecule has 0 spiro atoms. The van der Waals surface area contributed by atoms with Gasteiger partial charge in [-0.2, -0.15) is 0 Å². The van der Waals surface area contributed by atoms with Crippen LogP contribution >= 0.6 is 9.03 Å². The lowest BCUT2D eigenvalue weighted by molar-refractivity contribution is 0.395. The molecule has 0 N–H and O–H groups in total. The van der Waals surface area contributed by atoms with Crippen molar-refractivity contribution in [3.63, 3.8) is 0 Å². The summed E-state index contributed by atoms with van der Waals surface area (Å²) in [5, 5.41) is 3.25. The molecule has 4 heteroatoms. The van der Waals surface area contributed by atoms with Gasteiger partial charge in [-0.3, -0.25) is 0 Å². The molecule has 3 nitrogen and oxygen atoms in total. The summed E-state index contributed by atoms with van der Waals surface area (Å²) in [5.41, 5.74) is 0. The van der Waals surface area contributed by atoms with Crippen LogP contribution in [0.5, 0.6) is 0 Å².